The number of nitrogens with one attached hydrogen (secondary N) is 3. The van der Waals surface area contributed by atoms with Crippen molar-refractivity contribution in [3.63, 3.8) is 0 Å². The van der Waals surface area contributed by atoms with Gasteiger partial charge in [-0.15, -0.1) is 0 Å². The highest BCUT2D eigenvalue weighted by molar-refractivity contribution is 5.98. The first kappa shape index (κ1) is 84.8. The second-order valence-electron chi connectivity index (χ2n) is 26.7. The molecule has 618 valence electrons. The van der Waals surface area contributed by atoms with Gasteiger partial charge in [-0.3, -0.25) is 14.9 Å². The first-order chi connectivity index (χ1) is 58.2. The molecular formula is C89H97N15O15. The summed E-state index contributed by atoms with van der Waals surface area (Å²) in [5, 5.41) is 33.6. The van der Waals surface area contributed by atoms with Gasteiger partial charge in [0.25, 0.3) is 23.6 Å². The van der Waals surface area contributed by atoms with Crippen molar-refractivity contribution in [3.8, 4) is 137 Å². The molecule has 8 heterocycles. The fraction of sp³-hybridized carbons (Fsp3) is 0.292. The number of hydrogen-bond acceptors (Lipinski definition) is 28. The predicted molar refractivity (Wildman–Crippen MR) is 452 cm³/mol. The molecule has 4 N–H and O–H groups in total. The Hall–Kier alpha value is -13.6. The Bertz CT molecular complexity index is 5790. The van der Waals surface area contributed by atoms with Crippen LogP contribution in [-0.4, -0.2) is 189 Å². The monoisotopic (exact) mass is 1620 g/mol. The van der Waals surface area contributed by atoms with E-state index < -0.39 is 5.97 Å². The lowest BCUT2D eigenvalue weighted by Gasteiger charge is -2.14. The summed E-state index contributed by atoms with van der Waals surface area (Å²) in [6, 6.07) is 45.8. The number of hydrogen-bond donors (Lipinski definition) is 4. The lowest BCUT2D eigenvalue weighted by molar-refractivity contribution is 0.0600. The number of methoxy groups -OCH3 is 1. The van der Waals surface area contributed by atoms with Gasteiger partial charge in [0.05, 0.1) is 72.1 Å². The third kappa shape index (κ3) is 21.2. The minimum Gasteiger partial charge on any atom is -0.490 e. The number of pyridine rings is 2. The van der Waals surface area contributed by atoms with Crippen LogP contribution in [0.5, 0.6) is 46.0 Å². The van der Waals surface area contributed by atoms with Crippen molar-refractivity contribution >= 4 is 38.5 Å². The smallest absolute Gasteiger partial charge is 0.339 e. The minimum atomic E-state index is -0.485. The normalized spacial score (nSPS) is 11.1. The standard InChI is InChI=1S/C25H31N5O3.C24H28N4O4.C21H19N3O3.C19H19N3O5/c1-5-31-21-11-10-17(14-22(21)32-6-2)25-28-24(29-33-25)19-8-7-9-20-23(19)18(16-27-20)15-26-12-13-30(3)4;1-4-30-20-10-9-16(13-21(20)31-5-2)24-26-23(27-32-24)18-7-6-8-19-22(18)17(14-25-19)15-28(3)11-12-29;1-3-25-17-10-9-15(13-18(17)26-4-2)21-23-20(24-27-21)19-16-8-6-5-7-14(16)11-12-22-19;1-4-25-15-7-6-12(9-16(15)26-5-2)18-21-17(22-27-18)13-8-14(11-20-10-13)19(23)24-3/h7-11,14,16,26-27H,5-6,12-13,15H2,1-4H3;6-10,13-14,25,29H,4-5,11-12,15H2,1-3H3;5-13H,3-4H2,1-2H3;6-11H,4-5H2,1-3H3. The van der Waals surface area contributed by atoms with Crippen LogP contribution in [0, 0.1) is 0 Å². The average Bonchev–Trinajstić information content (AvgIpc) is 1.64. The maximum absolute atomic E-state index is 11.7. The average molecular weight is 1620 g/mol. The van der Waals surface area contributed by atoms with E-state index in [2.05, 4.69) is 90.8 Å². The molecule has 7 aromatic carbocycles. The molecule has 8 aromatic heterocycles. The summed E-state index contributed by atoms with van der Waals surface area (Å²) in [6.45, 7) is 23.8. The van der Waals surface area contributed by atoms with Gasteiger partial charge in [0.15, 0.2) is 46.0 Å². The second-order valence-corrected chi connectivity index (χ2v) is 26.7. The number of aliphatic hydroxyl groups is 1. The Labute approximate surface area is 688 Å². The van der Waals surface area contributed by atoms with E-state index in [1.54, 1.807) is 30.6 Å². The van der Waals surface area contributed by atoms with Crippen molar-refractivity contribution in [2.75, 3.05) is 107 Å². The Morgan fingerprint density at radius 1 is 0.454 bits per heavy atom. The molecule has 0 saturated carbocycles. The van der Waals surface area contributed by atoms with Gasteiger partial charge in [-0.2, -0.15) is 19.9 Å². The number of fused-ring (bicyclic) bond motifs is 3. The van der Waals surface area contributed by atoms with Crippen LogP contribution in [0.2, 0.25) is 0 Å². The van der Waals surface area contributed by atoms with E-state index in [1.807, 2.05) is 196 Å². The zero-order valence-corrected chi connectivity index (χ0v) is 68.7. The largest absolute Gasteiger partial charge is 0.490 e. The summed E-state index contributed by atoms with van der Waals surface area (Å²) < 4.78 is 72.0. The number of H-pyrrole nitrogens is 2. The summed E-state index contributed by atoms with van der Waals surface area (Å²) in [4.78, 5) is 49.3. The number of aliphatic hydroxyl groups excluding tert-OH is 1. The van der Waals surface area contributed by atoms with Gasteiger partial charge in [-0.1, -0.05) is 69.2 Å². The Balaban J connectivity index is 0.000000146. The fourth-order valence-corrected chi connectivity index (χ4v) is 12.8. The molecule has 0 fully saturated rings. The molecule has 119 heavy (non-hydrogen) atoms. The molecule has 0 aliphatic heterocycles. The van der Waals surface area contributed by atoms with Crippen LogP contribution in [0.15, 0.2) is 195 Å². The Kier molecular flexibility index (Phi) is 29.8. The number of ether oxygens (including phenoxy) is 9. The number of aromatic nitrogens is 12. The van der Waals surface area contributed by atoms with Crippen LogP contribution in [0.1, 0.15) is 76.9 Å². The van der Waals surface area contributed by atoms with Crippen molar-refractivity contribution in [1.29, 1.82) is 0 Å². The molecule has 30 heteroatoms. The summed E-state index contributed by atoms with van der Waals surface area (Å²) >= 11 is 0. The third-order valence-electron chi connectivity index (χ3n) is 18.2. The number of rotatable bonds is 34. The van der Waals surface area contributed by atoms with E-state index in [4.69, 9.17) is 65.7 Å². The first-order valence-corrected chi connectivity index (χ1v) is 39.4. The van der Waals surface area contributed by atoms with Crippen molar-refractivity contribution < 1.29 is 70.6 Å². The Morgan fingerprint density at radius 2 is 0.882 bits per heavy atom. The molecule has 0 atom stereocenters. The van der Waals surface area contributed by atoms with Crippen LogP contribution >= 0.6 is 0 Å². The molecule has 30 nitrogen and oxygen atoms in total. The fourth-order valence-electron chi connectivity index (χ4n) is 12.8. The quantitative estimate of drug-likeness (QED) is 0.0215. The third-order valence-corrected chi connectivity index (χ3v) is 18.2. The molecule has 15 rings (SSSR count). The van der Waals surface area contributed by atoms with Gasteiger partial charge in [0, 0.05) is 130 Å². The van der Waals surface area contributed by atoms with Gasteiger partial charge in [-0.05, 0) is 190 Å². The molecule has 0 aliphatic rings. The number of carbonyl (C=O) groups is 1. The van der Waals surface area contributed by atoms with E-state index in [9.17, 15) is 9.90 Å². The molecule has 0 bridgehead atoms. The number of carbonyl (C=O) groups excluding carboxylic acids is 1. The van der Waals surface area contributed by atoms with E-state index in [0.29, 0.717) is 181 Å². The summed E-state index contributed by atoms with van der Waals surface area (Å²) in [5.74, 6) is 8.22. The van der Waals surface area contributed by atoms with Gasteiger partial charge >= 0.3 is 5.97 Å². The highest BCUT2D eigenvalue weighted by Gasteiger charge is 2.24. The highest BCUT2D eigenvalue weighted by atomic mass is 16.5. The number of benzene rings is 7. The molecule has 0 radical (unpaired) electrons. The zero-order chi connectivity index (χ0) is 83.6. The summed E-state index contributed by atoms with van der Waals surface area (Å²) in [5.41, 5.74) is 10.7. The van der Waals surface area contributed by atoms with Crippen LogP contribution in [0.25, 0.3) is 124 Å². The van der Waals surface area contributed by atoms with Crippen molar-refractivity contribution in [2.24, 2.45) is 0 Å². The second kappa shape index (κ2) is 41.8. The van der Waals surface area contributed by atoms with Crippen molar-refractivity contribution in [3.05, 3.63) is 193 Å². The van der Waals surface area contributed by atoms with E-state index >= 15 is 0 Å². The highest BCUT2D eigenvalue weighted by Crippen LogP contribution is 2.40. The van der Waals surface area contributed by atoms with Gasteiger partial charge in [0.2, 0.25) is 23.3 Å². The van der Waals surface area contributed by atoms with Gasteiger partial charge < -0.3 is 86.0 Å². The maximum Gasteiger partial charge on any atom is 0.339 e. The summed E-state index contributed by atoms with van der Waals surface area (Å²) in [7, 11) is 7.43. The molecule has 0 spiro atoms. The van der Waals surface area contributed by atoms with E-state index in [0.717, 1.165) is 85.6 Å². The van der Waals surface area contributed by atoms with E-state index in [-0.39, 0.29) is 6.61 Å². The van der Waals surface area contributed by atoms with Crippen LogP contribution < -0.4 is 43.2 Å². The van der Waals surface area contributed by atoms with Crippen molar-refractivity contribution in [2.45, 2.75) is 68.5 Å². The lowest BCUT2D eigenvalue weighted by Crippen LogP contribution is -2.26. The Morgan fingerprint density at radius 3 is 1.34 bits per heavy atom. The van der Waals surface area contributed by atoms with Crippen LogP contribution in [-0.2, 0) is 17.8 Å². The van der Waals surface area contributed by atoms with Crippen LogP contribution in [0.3, 0.4) is 0 Å². The van der Waals surface area contributed by atoms with Crippen molar-refractivity contribution in [1.82, 2.24) is 75.6 Å². The van der Waals surface area contributed by atoms with Gasteiger partial charge in [-0.25, -0.2) is 4.79 Å². The van der Waals surface area contributed by atoms with E-state index in [1.165, 1.54) is 18.9 Å². The number of esters is 1. The predicted octanol–water partition coefficient (Wildman–Crippen LogP) is 16.6. The summed E-state index contributed by atoms with van der Waals surface area (Å²) in [6.07, 6.45) is 8.74. The van der Waals surface area contributed by atoms with Crippen LogP contribution in [0.4, 0.5) is 0 Å². The van der Waals surface area contributed by atoms with Gasteiger partial charge in [0.1, 0.15) is 5.69 Å². The minimum absolute atomic E-state index is 0.117. The topological polar surface area (TPSA) is 352 Å². The molecule has 0 unspecified atom stereocenters. The zero-order valence-electron chi connectivity index (χ0n) is 68.7. The maximum atomic E-state index is 11.7. The number of likely N-dealkylation sites (N-methyl/N-ethyl adjacent to an activating group) is 2. The molecule has 0 aliphatic carbocycles. The first-order valence-electron chi connectivity index (χ1n) is 39.4. The SMILES string of the molecule is CCOc1ccc(-c2nc(-c3cccc4[nH]cc(CN(C)CCO)c34)no2)cc1OCC.CCOc1ccc(-c2nc(-c3cccc4[nH]cc(CNCCN(C)C)c34)no2)cc1OCC.CCOc1ccc(-c2nc(-c3cncc(C(=O)OC)c3)no2)cc1OCC.CCOc1ccc(-c2nc(-c3nccc4ccccc34)no2)cc1OCC. The lowest BCUT2D eigenvalue weighted by atomic mass is 10.1. The number of nitrogens with zero attached hydrogens (tertiary/aromatic N) is 12. The molecular weight excluding hydrogens is 1520 g/mol. The molecule has 0 saturated heterocycles. The molecule has 15 aromatic rings. The number of aromatic amines is 2. The molecule has 0 amide bonds.